The van der Waals surface area contributed by atoms with E-state index in [1.807, 2.05) is 44.4 Å². The van der Waals surface area contributed by atoms with Crippen molar-refractivity contribution in [2.45, 2.75) is 11.3 Å². The molecule has 6 nitrogen and oxygen atoms in total. The highest BCUT2D eigenvalue weighted by molar-refractivity contribution is 7.99. The quantitative estimate of drug-likeness (QED) is 0.432. The number of anilines is 1. The number of methoxy groups -OCH3 is 2. The number of thiazole rings is 1. The van der Waals surface area contributed by atoms with E-state index >= 15 is 0 Å². The van der Waals surface area contributed by atoms with Crippen LogP contribution in [0.25, 0.3) is 10.2 Å². The van der Waals surface area contributed by atoms with Crippen LogP contribution < -0.4 is 14.4 Å². The Balaban J connectivity index is 1.82. The number of aromatic nitrogens is 1. The van der Waals surface area contributed by atoms with Crippen LogP contribution in [0.3, 0.4) is 0 Å². The van der Waals surface area contributed by atoms with Gasteiger partial charge < -0.3 is 14.4 Å². The first-order valence-corrected chi connectivity index (χ1v) is 11.5. The average Bonchev–Trinajstić information content (AvgIpc) is 3.18. The fourth-order valence-electron chi connectivity index (χ4n) is 2.92. The van der Waals surface area contributed by atoms with Crippen molar-refractivity contribution in [2.24, 2.45) is 0 Å². The Morgan fingerprint density at radius 2 is 1.73 bits per heavy atom. The van der Waals surface area contributed by atoms with Gasteiger partial charge in [0, 0.05) is 30.2 Å². The minimum absolute atomic E-state index is 0.0669. The molecule has 0 aliphatic carbocycles. The van der Waals surface area contributed by atoms with Gasteiger partial charge in [-0.2, -0.15) is 0 Å². The van der Waals surface area contributed by atoms with Crippen molar-refractivity contribution in [1.29, 1.82) is 0 Å². The molecular formula is C22H27N3O3S2. The molecule has 0 atom stereocenters. The van der Waals surface area contributed by atoms with Crippen molar-refractivity contribution in [3.8, 4) is 11.5 Å². The lowest BCUT2D eigenvalue weighted by Gasteiger charge is -2.22. The summed E-state index contributed by atoms with van der Waals surface area (Å²) in [7, 11) is 7.25. The van der Waals surface area contributed by atoms with Crippen molar-refractivity contribution in [1.82, 2.24) is 9.88 Å². The Kier molecular flexibility index (Phi) is 7.95. The van der Waals surface area contributed by atoms with Crippen LogP contribution in [0.15, 0.2) is 47.4 Å². The van der Waals surface area contributed by atoms with Gasteiger partial charge in [0.25, 0.3) is 0 Å². The number of hydrogen-bond donors (Lipinski definition) is 0. The zero-order chi connectivity index (χ0) is 21.5. The molecule has 2 aromatic carbocycles. The number of ether oxygens (including phenoxy) is 2. The SMILES string of the molecule is COc1ccc(OC)c2sc(N(CCN(C)C)C(=O)CCSc3ccccc3)nc12. The Morgan fingerprint density at radius 3 is 2.40 bits per heavy atom. The number of thioether (sulfide) groups is 1. The normalized spacial score (nSPS) is 11.1. The van der Waals surface area contributed by atoms with E-state index in [-0.39, 0.29) is 5.91 Å². The molecule has 3 aromatic rings. The van der Waals surface area contributed by atoms with Gasteiger partial charge in [0.2, 0.25) is 5.91 Å². The van der Waals surface area contributed by atoms with Gasteiger partial charge in [0.05, 0.1) is 14.2 Å². The van der Waals surface area contributed by atoms with Gasteiger partial charge in [0.1, 0.15) is 21.7 Å². The molecule has 3 rings (SSSR count). The third-order valence-electron chi connectivity index (χ3n) is 4.53. The molecule has 1 aromatic heterocycles. The molecule has 0 aliphatic heterocycles. The van der Waals surface area contributed by atoms with Crippen LogP contribution >= 0.6 is 23.1 Å². The maximum atomic E-state index is 13.1. The summed E-state index contributed by atoms with van der Waals surface area (Å²) in [4.78, 5) is 22.9. The third kappa shape index (κ3) is 5.44. The van der Waals surface area contributed by atoms with Gasteiger partial charge in [-0.25, -0.2) is 4.98 Å². The van der Waals surface area contributed by atoms with E-state index in [1.165, 1.54) is 16.2 Å². The summed E-state index contributed by atoms with van der Waals surface area (Å²) in [6.45, 7) is 1.33. The zero-order valence-electron chi connectivity index (χ0n) is 17.8. The van der Waals surface area contributed by atoms with Crippen LogP contribution in [0.5, 0.6) is 11.5 Å². The maximum Gasteiger partial charge on any atom is 0.229 e. The topological polar surface area (TPSA) is 54.9 Å². The number of fused-ring (bicyclic) bond motifs is 1. The first kappa shape index (κ1) is 22.4. The van der Waals surface area contributed by atoms with Gasteiger partial charge in [-0.05, 0) is 38.4 Å². The van der Waals surface area contributed by atoms with E-state index in [0.717, 1.165) is 28.3 Å². The lowest BCUT2D eigenvalue weighted by molar-refractivity contribution is -0.118. The van der Waals surface area contributed by atoms with Gasteiger partial charge in [-0.15, -0.1) is 11.8 Å². The van der Waals surface area contributed by atoms with Crippen LogP contribution in [0, 0.1) is 0 Å². The van der Waals surface area contributed by atoms with E-state index in [2.05, 4.69) is 17.0 Å². The molecular weight excluding hydrogens is 418 g/mol. The molecule has 0 saturated carbocycles. The largest absolute Gasteiger partial charge is 0.495 e. The highest BCUT2D eigenvalue weighted by Gasteiger charge is 2.22. The Hall–Kier alpha value is -2.29. The number of benzene rings is 2. The summed E-state index contributed by atoms with van der Waals surface area (Å²) in [6.07, 6.45) is 0.442. The molecule has 0 N–H and O–H groups in total. The summed E-state index contributed by atoms with van der Waals surface area (Å²) >= 11 is 3.15. The highest BCUT2D eigenvalue weighted by Crippen LogP contribution is 2.40. The molecule has 1 amide bonds. The van der Waals surface area contributed by atoms with E-state index in [1.54, 1.807) is 30.9 Å². The molecule has 1 heterocycles. The maximum absolute atomic E-state index is 13.1. The molecule has 160 valence electrons. The standard InChI is InChI=1S/C22H27N3O3S2/c1-24(2)13-14-25(19(26)12-15-29-16-8-6-5-7-9-16)22-23-20-17(27-3)10-11-18(28-4)21(20)30-22/h5-11H,12-15H2,1-4H3. The van der Waals surface area contributed by atoms with Gasteiger partial charge >= 0.3 is 0 Å². The second-order valence-corrected chi connectivity index (χ2v) is 9.05. The zero-order valence-corrected chi connectivity index (χ0v) is 19.4. The fraction of sp³-hybridized carbons (Fsp3) is 0.364. The van der Waals surface area contributed by atoms with Crippen LogP contribution in [0.2, 0.25) is 0 Å². The lowest BCUT2D eigenvalue weighted by atomic mass is 10.3. The van der Waals surface area contributed by atoms with Gasteiger partial charge in [0.15, 0.2) is 5.13 Å². The summed E-state index contributed by atoms with van der Waals surface area (Å²) in [5, 5.41) is 0.671. The number of carbonyl (C=O) groups is 1. The van der Waals surface area contributed by atoms with Crippen LogP contribution in [-0.2, 0) is 4.79 Å². The molecule has 0 saturated heterocycles. The Bertz CT molecular complexity index is 935. The van der Waals surface area contributed by atoms with Crippen LogP contribution in [0.1, 0.15) is 6.42 Å². The Morgan fingerprint density at radius 1 is 1.03 bits per heavy atom. The first-order chi connectivity index (χ1) is 14.5. The molecule has 0 spiro atoms. The second kappa shape index (κ2) is 10.7. The van der Waals surface area contributed by atoms with Crippen LogP contribution in [0.4, 0.5) is 5.13 Å². The summed E-state index contributed by atoms with van der Waals surface area (Å²) in [5.74, 6) is 2.19. The average molecular weight is 446 g/mol. The summed E-state index contributed by atoms with van der Waals surface area (Å²) in [6, 6.07) is 13.8. The van der Waals surface area contributed by atoms with Crippen molar-refractivity contribution in [3.63, 3.8) is 0 Å². The van der Waals surface area contributed by atoms with E-state index < -0.39 is 0 Å². The molecule has 0 unspecified atom stereocenters. The van der Waals surface area contributed by atoms with E-state index in [0.29, 0.717) is 23.8 Å². The molecule has 0 radical (unpaired) electrons. The number of carbonyl (C=O) groups excluding carboxylic acids is 1. The first-order valence-electron chi connectivity index (χ1n) is 9.68. The van der Waals surface area contributed by atoms with Gasteiger partial charge in [-0.3, -0.25) is 9.69 Å². The molecule has 30 heavy (non-hydrogen) atoms. The predicted octanol–water partition coefficient (Wildman–Crippen LogP) is 4.39. The van der Waals surface area contributed by atoms with E-state index in [9.17, 15) is 4.79 Å². The number of hydrogen-bond acceptors (Lipinski definition) is 7. The number of amides is 1. The highest BCUT2D eigenvalue weighted by atomic mass is 32.2. The lowest BCUT2D eigenvalue weighted by Crippen LogP contribution is -2.36. The second-order valence-electron chi connectivity index (χ2n) is 6.90. The minimum Gasteiger partial charge on any atom is -0.495 e. The summed E-state index contributed by atoms with van der Waals surface area (Å²) < 4.78 is 11.8. The minimum atomic E-state index is 0.0669. The monoisotopic (exact) mass is 445 g/mol. The predicted molar refractivity (Wildman–Crippen MR) is 125 cm³/mol. The van der Waals surface area contributed by atoms with Crippen molar-refractivity contribution in [2.75, 3.05) is 52.1 Å². The smallest absolute Gasteiger partial charge is 0.229 e. The molecule has 0 fully saturated rings. The number of nitrogens with zero attached hydrogens (tertiary/aromatic N) is 3. The van der Waals surface area contributed by atoms with Crippen molar-refractivity contribution >= 4 is 44.4 Å². The van der Waals surface area contributed by atoms with Gasteiger partial charge in [-0.1, -0.05) is 29.5 Å². The Labute approximate surface area is 185 Å². The molecule has 0 bridgehead atoms. The number of rotatable bonds is 10. The molecule has 8 heteroatoms. The molecule has 0 aliphatic rings. The third-order valence-corrected chi connectivity index (χ3v) is 6.64. The van der Waals surface area contributed by atoms with E-state index in [4.69, 9.17) is 14.5 Å². The summed E-state index contributed by atoms with van der Waals surface area (Å²) in [5.41, 5.74) is 0.721. The van der Waals surface area contributed by atoms with Crippen molar-refractivity contribution < 1.29 is 14.3 Å². The fourth-order valence-corrected chi connectivity index (χ4v) is 4.90. The van der Waals surface area contributed by atoms with Crippen LogP contribution in [-0.4, -0.2) is 62.9 Å². The number of likely N-dealkylation sites (N-methyl/N-ethyl adjacent to an activating group) is 1. The van der Waals surface area contributed by atoms with Crippen molar-refractivity contribution in [3.05, 3.63) is 42.5 Å².